The number of rotatable bonds is 64. The lowest BCUT2D eigenvalue weighted by Gasteiger charge is -2.20. The Labute approximate surface area is 423 Å². The van der Waals surface area contributed by atoms with Crippen molar-refractivity contribution in [2.45, 2.75) is 47.0 Å². The summed E-state index contributed by atoms with van der Waals surface area (Å²) in [6.07, 6.45) is 3.77. The van der Waals surface area contributed by atoms with E-state index >= 15 is 0 Å². The first-order chi connectivity index (χ1) is 34.6. The van der Waals surface area contributed by atoms with Crippen molar-refractivity contribution < 1.29 is 94.7 Å². The van der Waals surface area contributed by atoms with E-state index in [0.29, 0.717) is 257 Å². The molecule has 20 nitrogen and oxygen atoms in total. The molecular formula is C50H102O20. The number of methoxy groups -OCH3 is 1. The molecule has 0 aromatic carbocycles. The molecule has 0 N–H and O–H groups in total. The SMILES string of the molecule is CCC(C)CC(C)CC(C)COCCOCCOCCOCCOCCOCCOCCOCCOCCOCCOCCOCCOCCOCCOCCOCCOCCOCCOCCOC. The summed E-state index contributed by atoms with van der Waals surface area (Å²) >= 11 is 0. The average Bonchev–Trinajstić information content (AvgIpc) is 3.35. The summed E-state index contributed by atoms with van der Waals surface area (Å²) in [5, 5.41) is 0. The van der Waals surface area contributed by atoms with Gasteiger partial charge in [0.25, 0.3) is 0 Å². The molecule has 0 bridgehead atoms. The molecule has 0 amide bonds. The Morgan fingerprint density at radius 2 is 0.357 bits per heavy atom. The van der Waals surface area contributed by atoms with E-state index < -0.39 is 0 Å². The van der Waals surface area contributed by atoms with Gasteiger partial charge >= 0.3 is 0 Å². The minimum Gasteiger partial charge on any atom is -0.382 e. The molecule has 0 aromatic rings. The largest absolute Gasteiger partial charge is 0.382 e. The van der Waals surface area contributed by atoms with Gasteiger partial charge in [-0.3, -0.25) is 0 Å². The zero-order valence-electron chi connectivity index (χ0n) is 44.6. The summed E-state index contributed by atoms with van der Waals surface area (Å²) in [5.41, 5.74) is 0. The van der Waals surface area contributed by atoms with Crippen molar-refractivity contribution in [2.24, 2.45) is 17.8 Å². The van der Waals surface area contributed by atoms with Crippen LogP contribution >= 0.6 is 0 Å². The van der Waals surface area contributed by atoms with Crippen LogP contribution in [0.3, 0.4) is 0 Å². The smallest absolute Gasteiger partial charge is 0.0701 e. The summed E-state index contributed by atoms with van der Waals surface area (Å²) in [6, 6.07) is 0. The van der Waals surface area contributed by atoms with Gasteiger partial charge in [0.2, 0.25) is 0 Å². The number of ether oxygens (including phenoxy) is 20. The highest BCUT2D eigenvalue weighted by Gasteiger charge is 2.12. The van der Waals surface area contributed by atoms with Gasteiger partial charge in [-0.15, -0.1) is 0 Å². The predicted octanol–water partition coefficient (Wildman–Crippen LogP) is 4.05. The van der Waals surface area contributed by atoms with Gasteiger partial charge in [0, 0.05) is 13.7 Å². The van der Waals surface area contributed by atoms with Crippen LogP contribution in [0, 0.1) is 17.8 Å². The second kappa shape index (κ2) is 62.5. The first kappa shape index (κ1) is 69.2. The van der Waals surface area contributed by atoms with Gasteiger partial charge in [-0.25, -0.2) is 0 Å². The molecule has 422 valence electrons. The highest BCUT2D eigenvalue weighted by Crippen LogP contribution is 2.21. The van der Waals surface area contributed by atoms with Gasteiger partial charge in [-0.1, -0.05) is 34.1 Å². The summed E-state index contributed by atoms with van der Waals surface area (Å²) in [4.78, 5) is 0. The zero-order chi connectivity index (χ0) is 50.6. The molecule has 0 aliphatic carbocycles. The van der Waals surface area contributed by atoms with Crippen LogP contribution in [0.15, 0.2) is 0 Å². The molecule has 0 spiro atoms. The van der Waals surface area contributed by atoms with E-state index in [1.54, 1.807) is 7.11 Å². The van der Waals surface area contributed by atoms with Gasteiger partial charge in [0.1, 0.15) is 0 Å². The molecule has 0 aliphatic heterocycles. The van der Waals surface area contributed by atoms with E-state index in [4.69, 9.17) is 94.7 Å². The quantitative estimate of drug-likeness (QED) is 0.0795. The van der Waals surface area contributed by atoms with E-state index in [9.17, 15) is 0 Å². The Bertz CT molecular complexity index is 934. The van der Waals surface area contributed by atoms with Crippen LogP contribution in [-0.2, 0) is 94.7 Å². The van der Waals surface area contributed by atoms with Gasteiger partial charge < -0.3 is 94.7 Å². The van der Waals surface area contributed by atoms with Crippen LogP contribution in [0.1, 0.15) is 47.0 Å². The molecule has 70 heavy (non-hydrogen) atoms. The van der Waals surface area contributed by atoms with E-state index in [2.05, 4.69) is 27.7 Å². The fraction of sp³-hybridized carbons (Fsp3) is 1.00. The van der Waals surface area contributed by atoms with Gasteiger partial charge in [0.05, 0.1) is 251 Å². The maximum Gasteiger partial charge on any atom is 0.0701 e. The maximum absolute atomic E-state index is 5.78. The first-order valence-electron chi connectivity index (χ1n) is 26.1. The molecule has 0 radical (unpaired) electrons. The van der Waals surface area contributed by atoms with Crippen molar-refractivity contribution in [3.8, 4) is 0 Å². The molecule has 0 aliphatic rings. The van der Waals surface area contributed by atoms with Crippen molar-refractivity contribution >= 4 is 0 Å². The predicted molar refractivity (Wildman–Crippen MR) is 264 cm³/mol. The minimum absolute atomic E-state index is 0.495. The Hall–Kier alpha value is -0.800. The summed E-state index contributed by atoms with van der Waals surface area (Å²) in [6.45, 7) is 29.7. The Balaban J connectivity index is 3.11. The fourth-order valence-electron chi connectivity index (χ4n) is 6.09. The molecule has 20 heteroatoms. The van der Waals surface area contributed by atoms with Crippen LogP contribution in [0.5, 0.6) is 0 Å². The molecule has 0 aromatic heterocycles. The van der Waals surface area contributed by atoms with Crippen LogP contribution < -0.4 is 0 Å². The highest BCUT2D eigenvalue weighted by atomic mass is 16.6. The van der Waals surface area contributed by atoms with Crippen molar-refractivity contribution in [3.05, 3.63) is 0 Å². The second-order valence-electron chi connectivity index (χ2n) is 16.3. The standard InChI is InChI=1S/C50H102O20/c1-6-48(2)45-49(3)46-50(4)47-70-44-43-69-42-41-68-40-39-67-38-37-66-36-35-65-34-33-64-32-31-63-30-29-62-28-27-61-26-25-60-24-23-59-22-21-58-20-19-57-18-17-56-16-15-55-14-13-54-12-11-53-10-9-52-8-7-51-5/h48-50H,6-47H2,1-5H3. The summed E-state index contributed by atoms with van der Waals surface area (Å²) < 4.78 is 110. The zero-order valence-corrected chi connectivity index (χ0v) is 44.6. The van der Waals surface area contributed by atoms with Gasteiger partial charge in [0.15, 0.2) is 0 Å². The molecule has 0 saturated carbocycles. The molecular weight excluding hydrogens is 921 g/mol. The topological polar surface area (TPSA) is 185 Å². The summed E-state index contributed by atoms with van der Waals surface area (Å²) in [5.74, 6) is 2.13. The molecule has 0 saturated heterocycles. The number of hydrogen-bond acceptors (Lipinski definition) is 20. The number of hydrogen-bond donors (Lipinski definition) is 0. The van der Waals surface area contributed by atoms with Crippen molar-refractivity contribution in [1.82, 2.24) is 0 Å². The van der Waals surface area contributed by atoms with E-state index in [1.165, 1.54) is 19.3 Å². The molecule has 3 unspecified atom stereocenters. The first-order valence-corrected chi connectivity index (χ1v) is 26.1. The monoisotopic (exact) mass is 1020 g/mol. The lowest BCUT2D eigenvalue weighted by Crippen LogP contribution is -2.16. The van der Waals surface area contributed by atoms with Crippen molar-refractivity contribution in [2.75, 3.05) is 265 Å². The second-order valence-corrected chi connectivity index (χ2v) is 16.3. The third-order valence-corrected chi connectivity index (χ3v) is 9.84. The molecule has 0 fully saturated rings. The van der Waals surface area contributed by atoms with E-state index in [-0.39, 0.29) is 0 Å². The third-order valence-electron chi connectivity index (χ3n) is 9.84. The lowest BCUT2D eigenvalue weighted by molar-refractivity contribution is -0.0314. The van der Waals surface area contributed by atoms with Crippen LogP contribution in [-0.4, -0.2) is 265 Å². The van der Waals surface area contributed by atoms with Gasteiger partial charge in [-0.2, -0.15) is 0 Å². The molecule has 0 heterocycles. The van der Waals surface area contributed by atoms with Crippen molar-refractivity contribution in [3.63, 3.8) is 0 Å². The van der Waals surface area contributed by atoms with Crippen LogP contribution in [0.4, 0.5) is 0 Å². The third kappa shape index (κ3) is 61.5. The van der Waals surface area contributed by atoms with E-state index in [1.807, 2.05) is 0 Å². The van der Waals surface area contributed by atoms with Crippen molar-refractivity contribution in [1.29, 1.82) is 0 Å². The molecule has 0 rings (SSSR count). The Morgan fingerprint density at radius 3 is 0.529 bits per heavy atom. The van der Waals surface area contributed by atoms with Gasteiger partial charge in [-0.05, 0) is 30.6 Å². The normalized spacial score (nSPS) is 13.2. The Morgan fingerprint density at radius 1 is 0.200 bits per heavy atom. The maximum atomic E-state index is 5.78. The van der Waals surface area contributed by atoms with Crippen LogP contribution in [0.2, 0.25) is 0 Å². The minimum atomic E-state index is 0.495. The van der Waals surface area contributed by atoms with E-state index in [0.717, 1.165) is 18.4 Å². The van der Waals surface area contributed by atoms with Crippen LogP contribution in [0.25, 0.3) is 0 Å². The summed E-state index contributed by atoms with van der Waals surface area (Å²) in [7, 11) is 1.65. The fourth-order valence-corrected chi connectivity index (χ4v) is 6.09. The average molecular weight is 1020 g/mol. The lowest BCUT2D eigenvalue weighted by atomic mass is 9.89. The highest BCUT2D eigenvalue weighted by molar-refractivity contribution is 4.62. The Kier molecular flexibility index (Phi) is 61.8. The molecule has 3 atom stereocenters.